The van der Waals surface area contributed by atoms with E-state index in [0.717, 1.165) is 0 Å². The smallest absolute Gasteiger partial charge is 0.255 e. The summed E-state index contributed by atoms with van der Waals surface area (Å²) in [5.74, 6) is 0.726. The van der Waals surface area contributed by atoms with Crippen LogP contribution in [0.25, 0.3) is 0 Å². The maximum Gasteiger partial charge on any atom is 0.255 e. The van der Waals surface area contributed by atoms with E-state index in [1.54, 1.807) is 32.9 Å². The Balaban J connectivity index is 1.81. The quantitative estimate of drug-likeness (QED) is 0.743. The highest BCUT2D eigenvalue weighted by molar-refractivity contribution is 5.97. The summed E-state index contributed by atoms with van der Waals surface area (Å²) in [5, 5.41) is 15.4. The fraction of sp³-hybridized carbons (Fsp3) is 0.375. The summed E-state index contributed by atoms with van der Waals surface area (Å²) in [5.41, 5.74) is -0.939. The first kappa shape index (κ1) is 16.8. The first-order chi connectivity index (χ1) is 10.8. The van der Waals surface area contributed by atoms with Gasteiger partial charge in [0.1, 0.15) is 22.9 Å². The lowest BCUT2D eigenvalue weighted by Gasteiger charge is -2.21. The van der Waals surface area contributed by atoms with Gasteiger partial charge in [0, 0.05) is 0 Å². The molecule has 2 aromatic heterocycles. The number of carbonyl (C=O) groups excluding carboxylic acids is 2. The van der Waals surface area contributed by atoms with Crippen LogP contribution in [-0.4, -0.2) is 30.0 Å². The number of aliphatic hydroxyl groups is 1. The van der Waals surface area contributed by atoms with Gasteiger partial charge in [0.25, 0.3) is 5.91 Å². The third kappa shape index (κ3) is 4.23. The van der Waals surface area contributed by atoms with E-state index >= 15 is 0 Å². The number of furan rings is 2. The summed E-state index contributed by atoms with van der Waals surface area (Å²) >= 11 is 0. The number of hydrogen-bond donors (Lipinski definition) is 3. The van der Waals surface area contributed by atoms with Crippen molar-refractivity contribution in [3.05, 3.63) is 47.3 Å². The summed E-state index contributed by atoms with van der Waals surface area (Å²) < 4.78 is 10.4. The molecule has 1 unspecified atom stereocenters. The number of nitrogens with one attached hydrogen (secondary N) is 2. The van der Waals surface area contributed by atoms with Gasteiger partial charge in [-0.05, 0) is 39.0 Å². The Bertz CT molecular complexity index is 699. The lowest BCUT2D eigenvalue weighted by molar-refractivity contribution is -0.121. The minimum absolute atomic E-state index is 0.0284. The Morgan fingerprint density at radius 3 is 2.52 bits per heavy atom. The fourth-order valence-corrected chi connectivity index (χ4v) is 2.02. The molecule has 0 radical (unpaired) electrons. The summed E-state index contributed by atoms with van der Waals surface area (Å²) in [6, 6.07) is 4.93. The van der Waals surface area contributed by atoms with Gasteiger partial charge in [-0.2, -0.15) is 0 Å². The Morgan fingerprint density at radius 2 is 1.96 bits per heavy atom. The zero-order valence-corrected chi connectivity index (χ0v) is 13.3. The van der Waals surface area contributed by atoms with Crippen LogP contribution in [0.1, 0.15) is 34.6 Å². The maximum absolute atomic E-state index is 11.8. The van der Waals surface area contributed by atoms with E-state index < -0.39 is 11.5 Å². The molecule has 124 valence electrons. The van der Waals surface area contributed by atoms with Crippen LogP contribution >= 0.6 is 0 Å². The standard InChI is InChI=1S/C16H20N2O5/c1-10-4-5-13(23-10)16(3,21)9-18-14(19)8-17-15(20)12-6-7-22-11(12)2/h4-7,21H,8-9H2,1-3H3,(H,17,20)(H,18,19). The zero-order valence-electron chi connectivity index (χ0n) is 13.3. The van der Waals surface area contributed by atoms with Gasteiger partial charge in [0.2, 0.25) is 5.91 Å². The number of carbonyl (C=O) groups is 2. The molecule has 23 heavy (non-hydrogen) atoms. The van der Waals surface area contributed by atoms with E-state index in [1.165, 1.54) is 12.3 Å². The molecule has 0 aliphatic heterocycles. The molecule has 3 N–H and O–H groups in total. The molecule has 7 heteroatoms. The molecule has 0 saturated carbocycles. The average molecular weight is 320 g/mol. The number of amides is 2. The largest absolute Gasteiger partial charge is 0.469 e. The maximum atomic E-state index is 11.8. The van der Waals surface area contributed by atoms with Crippen molar-refractivity contribution in [3.8, 4) is 0 Å². The highest BCUT2D eigenvalue weighted by Crippen LogP contribution is 2.21. The molecule has 0 bridgehead atoms. The SMILES string of the molecule is Cc1ccc(C(C)(O)CNC(=O)CNC(=O)c2ccoc2C)o1. The molecule has 2 rings (SSSR count). The zero-order chi connectivity index (χ0) is 17.0. The first-order valence-corrected chi connectivity index (χ1v) is 7.18. The first-order valence-electron chi connectivity index (χ1n) is 7.18. The molecule has 0 aliphatic rings. The second kappa shape index (κ2) is 6.70. The Hall–Kier alpha value is -2.54. The molecule has 0 spiro atoms. The molecule has 2 heterocycles. The summed E-state index contributed by atoms with van der Waals surface area (Å²) in [7, 11) is 0. The highest BCUT2D eigenvalue weighted by atomic mass is 16.4. The van der Waals surface area contributed by atoms with E-state index in [9.17, 15) is 14.7 Å². The molecule has 1 atom stereocenters. The van der Waals surface area contributed by atoms with Crippen molar-refractivity contribution < 1.29 is 23.5 Å². The predicted molar refractivity (Wildman–Crippen MR) is 81.8 cm³/mol. The molecule has 0 fully saturated rings. The molecule has 0 aromatic carbocycles. The lowest BCUT2D eigenvalue weighted by atomic mass is 10.0. The van der Waals surface area contributed by atoms with Crippen LogP contribution < -0.4 is 10.6 Å². The summed E-state index contributed by atoms with van der Waals surface area (Å²) in [6.07, 6.45) is 1.41. The van der Waals surface area contributed by atoms with Gasteiger partial charge in [-0.25, -0.2) is 0 Å². The monoisotopic (exact) mass is 320 g/mol. The van der Waals surface area contributed by atoms with Gasteiger partial charge in [0.05, 0.1) is 24.9 Å². The van der Waals surface area contributed by atoms with Crippen LogP contribution in [-0.2, 0) is 10.4 Å². The van der Waals surface area contributed by atoms with Crippen molar-refractivity contribution in [2.45, 2.75) is 26.4 Å². The molecule has 7 nitrogen and oxygen atoms in total. The van der Waals surface area contributed by atoms with Crippen LogP contribution in [0.3, 0.4) is 0 Å². The van der Waals surface area contributed by atoms with Gasteiger partial charge in [0.15, 0.2) is 0 Å². The van der Waals surface area contributed by atoms with Gasteiger partial charge in [-0.1, -0.05) is 0 Å². The van der Waals surface area contributed by atoms with E-state index in [1.807, 2.05) is 0 Å². The van der Waals surface area contributed by atoms with Crippen molar-refractivity contribution in [1.82, 2.24) is 10.6 Å². The summed E-state index contributed by atoms with van der Waals surface area (Å²) in [4.78, 5) is 23.6. The van der Waals surface area contributed by atoms with E-state index in [-0.39, 0.29) is 19.0 Å². The minimum Gasteiger partial charge on any atom is -0.469 e. The van der Waals surface area contributed by atoms with Crippen LogP contribution in [0.2, 0.25) is 0 Å². The van der Waals surface area contributed by atoms with Crippen LogP contribution in [0.5, 0.6) is 0 Å². The Kier molecular flexibility index (Phi) is 4.90. The molecule has 0 saturated heterocycles. The minimum atomic E-state index is -1.32. The van der Waals surface area contributed by atoms with Gasteiger partial charge in [-0.15, -0.1) is 0 Å². The average Bonchev–Trinajstić information content (AvgIpc) is 3.11. The van der Waals surface area contributed by atoms with Crippen LogP contribution in [0.15, 0.2) is 33.3 Å². The third-order valence-electron chi connectivity index (χ3n) is 3.41. The van der Waals surface area contributed by atoms with Gasteiger partial charge >= 0.3 is 0 Å². The van der Waals surface area contributed by atoms with E-state index in [2.05, 4.69) is 10.6 Å². The second-order valence-electron chi connectivity index (χ2n) is 5.53. The number of hydrogen-bond acceptors (Lipinski definition) is 5. The predicted octanol–water partition coefficient (Wildman–Crippen LogP) is 1.24. The number of rotatable bonds is 6. The molecule has 2 aromatic rings. The third-order valence-corrected chi connectivity index (χ3v) is 3.41. The Labute approximate surface area is 133 Å². The van der Waals surface area contributed by atoms with Crippen LogP contribution in [0.4, 0.5) is 0 Å². The van der Waals surface area contributed by atoms with Crippen LogP contribution in [0, 0.1) is 13.8 Å². The molecular formula is C16H20N2O5. The normalized spacial score (nSPS) is 13.4. The van der Waals surface area contributed by atoms with Crippen molar-refractivity contribution in [2.24, 2.45) is 0 Å². The number of aryl methyl sites for hydroxylation is 2. The van der Waals surface area contributed by atoms with E-state index in [0.29, 0.717) is 22.8 Å². The second-order valence-corrected chi connectivity index (χ2v) is 5.53. The molecule has 2 amide bonds. The van der Waals surface area contributed by atoms with Crippen molar-refractivity contribution >= 4 is 11.8 Å². The van der Waals surface area contributed by atoms with Gasteiger partial charge in [-0.3, -0.25) is 9.59 Å². The summed E-state index contributed by atoms with van der Waals surface area (Å²) in [6.45, 7) is 4.75. The van der Waals surface area contributed by atoms with E-state index in [4.69, 9.17) is 8.83 Å². The highest BCUT2D eigenvalue weighted by Gasteiger charge is 2.27. The molecular weight excluding hydrogens is 300 g/mol. The Morgan fingerprint density at radius 1 is 1.22 bits per heavy atom. The van der Waals surface area contributed by atoms with Gasteiger partial charge < -0.3 is 24.6 Å². The lowest BCUT2D eigenvalue weighted by Crippen LogP contribution is -2.43. The van der Waals surface area contributed by atoms with Crippen molar-refractivity contribution in [3.63, 3.8) is 0 Å². The van der Waals surface area contributed by atoms with Crippen molar-refractivity contribution in [2.75, 3.05) is 13.1 Å². The topological polar surface area (TPSA) is 105 Å². The molecule has 0 aliphatic carbocycles. The fourth-order valence-electron chi connectivity index (χ4n) is 2.02. The van der Waals surface area contributed by atoms with Crippen molar-refractivity contribution in [1.29, 1.82) is 0 Å².